The van der Waals surface area contributed by atoms with Crippen LogP contribution in [0.4, 0.5) is 13.2 Å². The summed E-state index contributed by atoms with van der Waals surface area (Å²) in [6, 6.07) is 16.1. The van der Waals surface area contributed by atoms with E-state index in [2.05, 4.69) is 10.3 Å². The van der Waals surface area contributed by atoms with Gasteiger partial charge in [-0.3, -0.25) is 4.79 Å². The van der Waals surface area contributed by atoms with E-state index in [1.165, 1.54) is 42.7 Å². The molecule has 13 heteroatoms. The van der Waals surface area contributed by atoms with Gasteiger partial charge in [0.1, 0.15) is 5.75 Å². The fourth-order valence-corrected chi connectivity index (χ4v) is 5.78. The van der Waals surface area contributed by atoms with E-state index >= 15 is 0 Å². The Kier molecular flexibility index (Phi) is 9.67. The van der Waals surface area contributed by atoms with Crippen LogP contribution in [0.1, 0.15) is 39.3 Å². The van der Waals surface area contributed by atoms with E-state index in [9.17, 15) is 31.5 Å². The molecular formula is C29H27F3N2O6S2. The fraction of sp³-hybridized carbons (Fsp3) is 0.241. The summed E-state index contributed by atoms with van der Waals surface area (Å²) in [5.41, 5.74) is 1.26. The Morgan fingerprint density at radius 2 is 1.67 bits per heavy atom. The van der Waals surface area contributed by atoms with Crippen LogP contribution in [0.25, 0.3) is 11.3 Å². The van der Waals surface area contributed by atoms with E-state index in [-0.39, 0.29) is 28.2 Å². The Balaban J connectivity index is 1.48. The molecule has 0 aliphatic heterocycles. The third-order valence-corrected chi connectivity index (χ3v) is 8.93. The lowest BCUT2D eigenvalue weighted by Gasteiger charge is -2.17. The molecule has 0 bridgehead atoms. The number of hydrogen-bond donors (Lipinski definition) is 2. The molecule has 1 heterocycles. The Morgan fingerprint density at radius 1 is 1.02 bits per heavy atom. The molecule has 4 rings (SSSR count). The summed E-state index contributed by atoms with van der Waals surface area (Å²) < 4.78 is 73.6. The number of ether oxygens (including phenoxy) is 2. The van der Waals surface area contributed by atoms with Gasteiger partial charge >= 0.3 is 6.18 Å². The molecule has 0 spiro atoms. The third kappa shape index (κ3) is 7.34. The number of aliphatic hydroxyl groups excluding tert-OH is 1. The average Bonchev–Trinajstić information content (AvgIpc) is 3.37. The monoisotopic (exact) mass is 620 g/mol. The number of benzene rings is 3. The number of nitrogens with one attached hydrogen (secondary N) is 1. The van der Waals surface area contributed by atoms with Crippen LogP contribution in [0.2, 0.25) is 0 Å². The molecule has 42 heavy (non-hydrogen) atoms. The van der Waals surface area contributed by atoms with Gasteiger partial charge in [-0.15, -0.1) is 0 Å². The summed E-state index contributed by atoms with van der Waals surface area (Å²) in [5, 5.41) is 12.8. The average molecular weight is 621 g/mol. The number of methoxy groups -OCH3 is 1. The molecule has 1 unspecified atom stereocenters. The molecule has 0 saturated carbocycles. The second-order valence-corrected chi connectivity index (χ2v) is 12.4. The number of alkyl halides is 3. The summed E-state index contributed by atoms with van der Waals surface area (Å²) in [7, 11) is -1.86. The molecule has 0 aliphatic rings. The largest absolute Gasteiger partial charge is 0.431 e. The van der Waals surface area contributed by atoms with Gasteiger partial charge in [-0.2, -0.15) is 13.2 Å². The topological polar surface area (TPSA) is 115 Å². The second kappa shape index (κ2) is 13.0. The molecule has 2 N–H and O–H groups in total. The van der Waals surface area contributed by atoms with Crippen LogP contribution in [0.15, 0.2) is 77.7 Å². The number of thiazole rings is 1. The molecule has 1 atom stereocenters. The van der Waals surface area contributed by atoms with E-state index in [4.69, 9.17) is 9.47 Å². The predicted octanol–water partition coefficient (Wildman–Crippen LogP) is 6.02. The van der Waals surface area contributed by atoms with Gasteiger partial charge in [-0.1, -0.05) is 42.5 Å². The van der Waals surface area contributed by atoms with Crippen molar-refractivity contribution in [2.75, 3.05) is 19.5 Å². The van der Waals surface area contributed by atoms with Crippen molar-refractivity contribution in [1.82, 2.24) is 10.3 Å². The lowest BCUT2D eigenvalue weighted by Crippen LogP contribution is -2.30. The van der Waals surface area contributed by atoms with Crippen LogP contribution in [-0.2, 0) is 27.4 Å². The lowest BCUT2D eigenvalue weighted by molar-refractivity contribution is -0.137. The minimum absolute atomic E-state index is 0.0378. The third-order valence-electron chi connectivity index (χ3n) is 6.27. The number of aliphatic hydroxyl groups is 1. The van der Waals surface area contributed by atoms with Crippen molar-refractivity contribution in [2.45, 2.75) is 30.6 Å². The number of nitrogens with zero attached hydrogens (tertiary/aromatic N) is 1. The van der Waals surface area contributed by atoms with Gasteiger partial charge in [0, 0.05) is 18.2 Å². The Morgan fingerprint density at radius 3 is 2.21 bits per heavy atom. The van der Waals surface area contributed by atoms with Crippen molar-refractivity contribution in [3.63, 3.8) is 0 Å². The minimum Gasteiger partial charge on any atom is -0.431 e. The zero-order valence-corrected chi connectivity index (χ0v) is 24.1. The smallest absolute Gasteiger partial charge is 0.416 e. The first-order valence-corrected chi connectivity index (χ1v) is 15.1. The number of halogens is 3. The number of carbonyl (C=O) groups excluding carboxylic acids is 1. The van der Waals surface area contributed by atoms with Crippen LogP contribution in [0.3, 0.4) is 0 Å². The van der Waals surface area contributed by atoms with E-state index in [1.54, 1.807) is 43.3 Å². The van der Waals surface area contributed by atoms with E-state index in [0.717, 1.165) is 12.1 Å². The summed E-state index contributed by atoms with van der Waals surface area (Å²) in [6.07, 6.45) is -4.45. The molecule has 0 fully saturated rings. The van der Waals surface area contributed by atoms with E-state index in [1.807, 2.05) is 0 Å². The predicted molar refractivity (Wildman–Crippen MR) is 151 cm³/mol. The number of rotatable bonds is 11. The summed E-state index contributed by atoms with van der Waals surface area (Å²) in [4.78, 5) is 18.3. The van der Waals surface area contributed by atoms with Crippen molar-refractivity contribution in [3.8, 4) is 22.2 Å². The highest BCUT2D eigenvalue weighted by Gasteiger charge is 2.30. The minimum atomic E-state index is -4.45. The number of aromatic nitrogens is 1. The maximum Gasteiger partial charge on any atom is 0.416 e. The molecule has 3 aromatic carbocycles. The zero-order valence-electron chi connectivity index (χ0n) is 22.5. The van der Waals surface area contributed by atoms with Crippen LogP contribution in [-0.4, -0.2) is 43.9 Å². The van der Waals surface area contributed by atoms with Crippen LogP contribution < -0.4 is 10.1 Å². The molecule has 1 amide bonds. The first-order valence-electron chi connectivity index (χ1n) is 12.6. The Labute approximate surface area is 244 Å². The molecule has 222 valence electrons. The number of carbonyl (C=O) groups is 1. The molecule has 8 nitrogen and oxygen atoms in total. The van der Waals surface area contributed by atoms with Gasteiger partial charge in [0.05, 0.1) is 46.0 Å². The summed E-state index contributed by atoms with van der Waals surface area (Å²) >= 11 is 1.18. The standard InChI is InChI=1S/C29H27F3N2O6S2/c1-3-42(37,38)23-14-8-18(9-15-23)24(16-35)33-27(36)20-6-4-19(5-7-20)26-25(17-39-2)41-28(34-26)40-22-12-10-21(11-13-22)29(30,31)32/h4-15,24,35H,3,16-17H2,1-2H3,(H,33,36). The van der Waals surface area contributed by atoms with Gasteiger partial charge in [-0.25, -0.2) is 13.4 Å². The fourth-order valence-electron chi connectivity index (χ4n) is 3.97. The van der Waals surface area contributed by atoms with Crippen molar-refractivity contribution in [3.05, 3.63) is 94.4 Å². The second-order valence-electron chi connectivity index (χ2n) is 9.07. The van der Waals surface area contributed by atoms with Gasteiger partial charge in [0.2, 0.25) is 0 Å². The summed E-state index contributed by atoms with van der Waals surface area (Å²) in [5.74, 6) is -0.295. The van der Waals surface area contributed by atoms with Crippen molar-refractivity contribution in [1.29, 1.82) is 0 Å². The van der Waals surface area contributed by atoms with Crippen LogP contribution >= 0.6 is 11.3 Å². The Bertz CT molecular complexity index is 1620. The van der Waals surface area contributed by atoms with Crippen molar-refractivity contribution < 1.29 is 41.0 Å². The highest BCUT2D eigenvalue weighted by molar-refractivity contribution is 7.91. The highest BCUT2D eigenvalue weighted by atomic mass is 32.2. The quantitative estimate of drug-likeness (QED) is 0.211. The molecule has 1 aromatic heterocycles. The SMILES string of the molecule is CCS(=O)(=O)c1ccc(C(CO)NC(=O)c2ccc(-c3nc(Oc4ccc(C(F)(F)F)cc4)sc3COC)cc2)cc1. The molecule has 4 aromatic rings. The maximum atomic E-state index is 12.9. The number of amides is 1. The highest BCUT2D eigenvalue weighted by Crippen LogP contribution is 2.37. The first kappa shape index (κ1) is 31.2. The van der Waals surface area contributed by atoms with E-state index in [0.29, 0.717) is 27.3 Å². The van der Waals surface area contributed by atoms with Crippen LogP contribution in [0, 0.1) is 0 Å². The number of sulfone groups is 1. The van der Waals surface area contributed by atoms with Gasteiger partial charge < -0.3 is 19.9 Å². The van der Waals surface area contributed by atoms with Crippen molar-refractivity contribution >= 4 is 27.1 Å². The summed E-state index contributed by atoms with van der Waals surface area (Å²) in [6.45, 7) is 1.36. The van der Waals surface area contributed by atoms with E-state index < -0.39 is 40.1 Å². The van der Waals surface area contributed by atoms with Gasteiger partial charge in [0.25, 0.3) is 11.1 Å². The molecule has 0 saturated heterocycles. The lowest BCUT2D eigenvalue weighted by atomic mass is 10.1. The van der Waals surface area contributed by atoms with Gasteiger partial charge in [0.15, 0.2) is 9.84 Å². The normalized spacial score (nSPS) is 12.6. The Hall–Kier alpha value is -3.78. The molecular weight excluding hydrogens is 593 g/mol. The molecule has 0 aliphatic carbocycles. The van der Waals surface area contributed by atoms with Gasteiger partial charge in [-0.05, 0) is 54.1 Å². The maximum absolute atomic E-state index is 12.9. The first-order chi connectivity index (χ1) is 19.9. The molecule has 0 radical (unpaired) electrons. The van der Waals surface area contributed by atoms with Crippen LogP contribution in [0.5, 0.6) is 10.9 Å². The van der Waals surface area contributed by atoms with Crippen molar-refractivity contribution in [2.24, 2.45) is 0 Å². The zero-order chi connectivity index (χ0) is 30.5. The number of hydrogen-bond acceptors (Lipinski definition) is 8.